The van der Waals surface area contributed by atoms with E-state index in [0.717, 1.165) is 40.9 Å². The number of carbonyl (C=O) groups excluding carboxylic acids is 2. The highest BCUT2D eigenvalue weighted by atomic mass is 32.1. The number of nitrogens with zero attached hydrogens (tertiary/aromatic N) is 3. The normalized spacial score (nSPS) is 19.9. The van der Waals surface area contributed by atoms with Crippen molar-refractivity contribution in [1.29, 1.82) is 0 Å². The minimum atomic E-state index is -4.89. The van der Waals surface area contributed by atoms with Gasteiger partial charge in [0.15, 0.2) is 0 Å². The monoisotopic (exact) mass is 767 g/mol. The summed E-state index contributed by atoms with van der Waals surface area (Å²) in [6, 6.07) is 8.97. The molecule has 2 amide bonds. The van der Waals surface area contributed by atoms with Gasteiger partial charge in [0.05, 0.1) is 18.2 Å². The fraction of sp³-hybridized carbons (Fsp3) is 0.500. The van der Waals surface area contributed by atoms with Gasteiger partial charge in [-0.25, -0.2) is 0 Å². The highest BCUT2D eigenvalue weighted by Gasteiger charge is 2.56. The number of alkyl halides is 6. The third-order valence-electron chi connectivity index (χ3n) is 9.71. The van der Waals surface area contributed by atoms with E-state index in [2.05, 4.69) is 4.98 Å². The van der Waals surface area contributed by atoms with Crippen LogP contribution in [-0.4, -0.2) is 76.2 Å². The second-order valence-electron chi connectivity index (χ2n) is 14.1. The molecule has 1 saturated heterocycles. The minimum absolute atomic E-state index is 0.0104. The number of pyridine rings is 1. The number of aromatic nitrogens is 1. The molecule has 2 aromatic heterocycles. The number of aliphatic hydroxyl groups excluding tert-OH is 1. The van der Waals surface area contributed by atoms with Crippen LogP contribution < -0.4 is 9.47 Å². The summed E-state index contributed by atoms with van der Waals surface area (Å²) in [4.78, 5) is 34.4. The maximum absolute atomic E-state index is 14.8. The molecular formula is C38H43F6N3O5S. The smallest absolute Gasteiger partial charge is 0.425 e. The molecule has 8 nitrogen and oxygen atoms in total. The molecule has 1 N–H and O–H groups in total. The lowest BCUT2D eigenvalue weighted by molar-refractivity contribution is -0.159. The van der Waals surface area contributed by atoms with Crippen LogP contribution >= 0.6 is 11.3 Å². The van der Waals surface area contributed by atoms with E-state index < -0.39 is 51.9 Å². The summed E-state index contributed by atoms with van der Waals surface area (Å²) in [5.41, 5.74) is -2.54. The Morgan fingerprint density at radius 1 is 1.06 bits per heavy atom. The molecule has 1 fully saturated rings. The van der Waals surface area contributed by atoms with Crippen molar-refractivity contribution in [2.45, 2.75) is 83.3 Å². The van der Waals surface area contributed by atoms with Gasteiger partial charge in [-0.15, -0.1) is 11.3 Å². The molecule has 5 rings (SSSR count). The van der Waals surface area contributed by atoms with Crippen LogP contribution in [0.3, 0.4) is 0 Å². The first-order valence-electron chi connectivity index (χ1n) is 17.5. The second kappa shape index (κ2) is 16.1. The number of rotatable bonds is 12. The molecule has 2 aliphatic rings. The third-order valence-corrected chi connectivity index (χ3v) is 10.7. The number of hydrogen-bond donors (Lipinski definition) is 1. The Hall–Kier alpha value is -4.11. The van der Waals surface area contributed by atoms with E-state index in [9.17, 15) is 41.0 Å². The van der Waals surface area contributed by atoms with Crippen molar-refractivity contribution in [3.05, 3.63) is 81.8 Å². The van der Waals surface area contributed by atoms with Crippen molar-refractivity contribution in [3.8, 4) is 11.5 Å². The van der Waals surface area contributed by atoms with Crippen molar-refractivity contribution >= 4 is 28.7 Å². The van der Waals surface area contributed by atoms with Gasteiger partial charge in [0.25, 0.3) is 11.8 Å². The van der Waals surface area contributed by atoms with Crippen LogP contribution in [0.4, 0.5) is 26.3 Å². The maximum Gasteiger partial charge on any atom is 0.425 e. The Labute approximate surface area is 308 Å². The summed E-state index contributed by atoms with van der Waals surface area (Å²) in [6.45, 7) is 6.33. The topological polar surface area (TPSA) is 92.2 Å². The van der Waals surface area contributed by atoms with Crippen molar-refractivity contribution in [1.82, 2.24) is 14.8 Å². The van der Waals surface area contributed by atoms with E-state index in [4.69, 9.17) is 9.47 Å². The first-order valence-corrected chi connectivity index (χ1v) is 18.4. The first-order chi connectivity index (χ1) is 25.0. The molecule has 4 heterocycles. The number of amides is 2. The molecule has 0 bridgehead atoms. The van der Waals surface area contributed by atoms with Crippen molar-refractivity contribution in [2.24, 2.45) is 5.41 Å². The maximum atomic E-state index is 14.8. The second-order valence-corrected chi connectivity index (χ2v) is 15.0. The molecular weight excluding hydrogens is 724 g/mol. The predicted molar refractivity (Wildman–Crippen MR) is 187 cm³/mol. The van der Waals surface area contributed by atoms with Gasteiger partial charge in [-0.3, -0.25) is 14.6 Å². The SMILES string of the molecule is CCCC1N(C(=O)c2ncccc2C(F)(F)F)CCCC1(Oc1csc(C(F)(F)F)c1)C(=O)N1CC=C(c2ccccc2OCCC(C)(C)CO)CC1. The molecule has 2 atom stereocenters. The van der Waals surface area contributed by atoms with Gasteiger partial charge in [0.1, 0.15) is 22.1 Å². The van der Waals surface area contributed by atoms with E-state index in [1.54, 1.807) is 6.92 Å². The molecule has 53 heavy (non-hydrogen) atoms. The standard InChI is InChI=1S/C38H43F6N3O5S/c1-4-9-30-36(52-26-22-31(53-23-26)38(42,43)44,15-8-18-47(30)33(49)32-28(37(39,40)41)11-7-17-45-32)34(50)46-19-13-25(14-20-46)27-10-5-6-12-29(27)51-21-16-35(2,3)24-48/h5-7,10-13,17,22-23,30,48H,4,8-9,14-16,18-21,24H2,1-3H3. The third kappa shape index (κ3) is 8.99. The first kappa shape index (κ1) is 40.1. The zero-order valence-electron chi connectivity index (χ0n) is 29.7. The molecule has 0 spiro atoms. The van der Waals surface area contributed by atoms with Crippen LogP contribution in [0.1, 0.15) is 85.8 Å². The van der Waals surface area contributed by atoms with Gasteiger partial charge in [0.2, 0.25) is 5.60 Å². The molecule has 2 unspecified atom stereocenters. The van der Waals surface area contributed by atoms with E-state index in [-0.39, 0.29) is 56.7 Å². The number of ether oxygens (including phenoxy) is 2. The summed E-state index contributed by atoms with van der Waals surface area (Å²) in [5, 5.41) is 10.8. The number of aliphatic hydroxyl groups is 1. The lowest BCUT2D eigenvalue weighted by atomic mass is 9.79. The van der Waals surface area contributed by atoms with E-state index in [0.29, 0.717) is 43.0 Å². The number of benzene rings is 1. The molecule has 3 aromatic rings. The molecule has 288 valence electrons. The lowest BCUT2D eigenvalue weighted by Crippen LogP contribution is -2.68. The average molecular weight is 768 g/mol. The van der Waals surface area contributed by atoms with Gasteiger partial charge < -0.3 is 24.4 Å². The summed E-state index contributed by atoms with van der Waals surface area (Å²) in [7, 11) is 0. The predicted octanol–water partition coefficient (Wildman–Crippen LogP) is 8.51. The summed E-state index contributed by atoms with van der Waals surface area (Å²) < 4.78 is 95.5. The molecule has 0 saturated carbocycles. The van der Waals surface area contributed by atoms with Gasteiger partial charge in [-0.2, -0.15) is 26.3 Å². The molecule has 0 aliphatic carbocycles. The van der Waals surface area contributed by atoms with E-state index >= 15 is 0 Å². The Morgan fingerprint density at radius 3 is 2.45 bits per heavy atom. The average Bonchev–Trinajstić information content (AvgIpc) is 3.61. The largest absolute Gasteiger partial charge is 0.493 e. The van der Waals surface area contributed by atoms with Gasteiger partial charge in [-0.05, 0) is 54.9 Å². The van der Waals surface area contributed by atoms with Gasteiger partial charge in [0, 0.05) is 55.9 Å². The Morgan fingerprint density at radius 2 is 1.81 bits per heavy atom. The highest BCUT2D eigenvalue weighted by molar-refractivity contribution is 7.10. The molecule has 2 aliphatic heterocycles. The zero-order valence-corrected chi connectivity index (χ0v) is 30.5. The number of thiophene rings is 1. The summed E-state index contributed by atoms with van der Waals surface area (Å²) in [6.07, 6.45) is -4.95. The van der Waals surface area contributed by atoms with Crippen molar-refractivity contribution in [3.63, 3.8) is 0 Å². The van der Waals surface area contributed by atoms with E-state index in [1.807, 2.05) is 44.2 Å². The fourth-order valence-corrected chi connectivity index (χ4v) is 7.49. The summed E-state index contributed by atoms with van der Waals surface area (Å²) in [5.74, 6) is -1.19. The van der Waals surface area contributed by atoms with Crippen LogP contribution in [0.25, 0.3) is 5.57 Å². The van der Waals surface area contributed by atoms with Crippen molar-refractivity contribution < 1.29 is 50.5 Å². The molecule has 15 heteroatoms. The van der Waals surface area contributed by atoms with Crippen LogP contribution in [0, 0.1) is 5.41 Å². The summed E-state index contributed by atoms with van der Waals surface area (Å²) >= 11 is 0.397. The number of piperidine rings is 1. The van der Waals surface area contributed by atoms with Gasteiger partial charge >= 0.3 is 12.4 Å². The van der Waals surface area contributed by atoms with Crippen LogP contribution in [-0.2, 0) is 17.1 Å². The van der Waals surface area contributed by atoms with Gasteiger partial charge in [-0.1, -0.05) is 51.5 Å². The Bertz CT molecular complexity index is 1790. The van der Waals surface area contributed by atoms with Crippen LogP contribution in [0.2, 0.25) is 0 Å². The quantitative estimate of drug-likeness (QED) is 0.186. The zero-order chi connectivity index (χ0) is 38.6. The highest BCUT2D eigenvalue weighted by Crippen LogP contribution is 2.43. The fourth-order valence-electron chi connectivity index (χ4n) is 6.82. The number of carbonyl (C=O) groups is 2. The minimum Gasteiger partial charge on any atom is -0.493 e. The van der Waals surface area contributed by atoms with Crippen LogP contribution in [0.15, 0.2) is 60.1 Å². The number of hydrogen-bond acceptors (Lipinski definition) is 7. The lowest BCUT2D eigenvalue weighted by Gasteiger charge is -2.50. The Kier molecular flexibility index (Phi) is 12.2. The molecule has 1 aromatic carbocycles. The van der Waals surface area contributed by atoms with E-state index in [1.165, 1.54) is 9.80 Å². The number of likely N-dealkylation sites (tertiary alicyclic amines) is 1. The van der Waals surface area contributed by atoms with Crippen molar-refractivity contribution in [2.75, 3.05) is 32.8 Å². The number of para-hydroxylation sites is 1. The van der Waals surface area contributed by atoms with Crippen LogP contribution in [0.5, 0.6) is 11.5 Å². The number of halogens is 6. The Balaban J connectivity index is 1.49. The molecule has 0 radical (unpaired) electrons.